The van der Waals surface area contributed by atoms with Crippen LogP contribution in [0.1, 0.15) is 36.4 Å². The number of H-pyrrole nitrogens is 1. The van der Waals surface area contributed by atoms with E-state index in [9.17, 15) is 9.59 Å². The topological polar surface area (TPSA) is 129 Å². The molecule has 0 aromatic carbocycles. The van der Waals surface area contributed by atoms with Crippen molar-refractivity contribution in [2.24, 2.45) is 0 Å². The fourth-order valence-electron chi connectivity index (χ4n) is 3.22. The minimum Gasteiger partial charge on any atom is -0.481 e. The molecule has 2 atom stereocenters. The quantitative estimate of drug-likeness (QED) is 0.623. The summed E-state index contributed by atoms with van der Waals surface area (Å²) in [7, 11) is 1.52. The van der Waals surface area contributed by atoms with Gasteiger partial charge in [-0.1, -0.05) is 0 Å². The molecule has 138 valence electrons. The predicted molar refractivity (Wildman–Crippen MR) is 93.3 cm³/mol. The van der Waals surface area contributed by atoms with Crippen LogP contribution in [0.25, 0.3) is 0 Å². The third-order valence-corrected chi connectivity index (χ3v) is 4.44. The Labute approximate surface area is 150 Å². The SMILES string of the molecule is COc1cc(CC(=O)Nc2cc([C@@H]3CC[C@H](NC(=O)O)C3)[nH]n2)ccn1. The number of ether oxygens (including phenoxy) is 1. The third kappa shape index (κ3) is 4.50. The molecular weight excluding hydrogens is 338 g/mol. The lowest BCUT2D eigenvalue weighted by molar-refractivity contribution is -0.115. The number of carboxylic acid groups (broad SMARTS) is 1. The Morgan fingerprint density at radius 2 is 2.23 bits per heavy atom. The zero-order valence-electron chi connectivity index (χ0n) is 14.4. The fourth-order valence-corrected chi connectivity index (χ4v) is 3.22. The molecule has 9 nitrogen and oxygen atoms in total. The van der Waals surface area contributed by atoms with Gasteiger partial charge in [0.05, 0.1) is 13.5 Å². The molecule has 0 saturated heterocycles. The summed E-state index contributed by atoms with van der Waals surface area (Å²) in [4.78, 5) is 26.9. The van der Waals surface area contributed by atoms with Crippen molar-refractivity contribution in [1.82, 2.24) is 20.5 Å². The monoisotopic (exact) mass is 359 g/mol. The van der Waals surface area contributed by atoms with E-state index in [4.69, 9.17) is 9.84 Å². The van der Waals surface area contributed by atoms with Crippen molar-refractivity contribution in [2.75, 3.05) is 12.4 Å². The highest BCUT2D eigenvalue weighted by atomic mass is 16.5. The number of nitrogens with zero attached hydrogens (tertiary/aromatic N) is 2. The maximum Gasteiger partial charge on any atom is 0.404 e. The van der Waals surface area contributed by atoms with Gasteiger partial charge < -0.3 is 20.5 Å². The van der Waals surface area contributed by atoms with Gasteiger partial charge in [-0.3, -0.25) is 9.89 Å². The van der Waals surface area contributed by atoms with Crippen LogP contribution < -0.4 is 15.4 Å². The third-order valence-electron chi connectivity index (χ3n) is 4.44. The van der Waals surface area contributed by atoms with E-state index in [1.807, 2.05) is 0 Å². The second kappa shape index (κ2) is 7.85. The summed E-state index contributed by atoms with van der Waals surface area (Å²) in [6.07, 6.45) is 3.17. The van der Waals surface area contributed by atoms with Gasteiger partial charge >= 0.3 is 6.09 Å². The molecule has 0 spiro atoms. The van der Waals surface area contributed by atoms with Gasteiger partial charge in [0, 0.05) is 36.0 Å². The standard InChI is InChI=1S/C17H21N5O4/c1-26-16-7-10(4-5-18-16)6-15(23)20-14-9-13(21-22-14)11-2-3-12(8-11)19-17(24)25/h4-5,7,9,11-12,19H,2-3,6,8H2,1H3,(H,24,25)(H2,20,21,22,23)/t11-,12+/m1/s1. The van der Waals surface area contributed by atoms with E-state index >= 15 is 0 Å². The number of rotatable bonds is 6. The molecule has 1 fully saturated rings. The van der Waals surface area contributed by atoms with Crippen LogP contribution in [0.4, 0.5) is 10.6 Å². The highest BCUT2D eigenvalue weighted by Crippen LogP contribution is 2.34. The normalized spacial score (nSPS) is 19.1. The molecule has 0 radical (unpaired) electrons. The number of pyridine rings is 1. The van der Waals surface area contributed by atoms with Crippen LogP contribution in [-0.4, -0.2) is 45.4 Å². The second-order valence-corrected chi connectivity index (χ2v) is 6.30. The lowest BCUT2D eigenvalue weighted by Gasteiger charge is -2.09. The van der Waals surface area contributed by atoms with Gasteiger partial charge in [0.15, 0.2) is 5.82 Å². The summed E-state index contributed by atoms with van der Waals surface area (Å²) < 4.78 is 5.05. The molecule has 2 amide bonds. The van der Waals surface area contributed by atoms with Gasteiger partial charge in [0.1, 0.15) is 0 Å². The lowest BCUT2D eigenvalue weighted by atomic mass is 10.0. The zero-order valence-corrected chi connectivity index (χ0v) is 14.4. The minimum atomic E-state index is -0.999. The molecule has 0 aliphatic heterocycles. The van der Waals surface area contributed by atoms with E-state index in [0.29, 0.717) is 11.7 Å². The van der Waals surface area contributed by atoms with E-state index in [1.165, 1.54) is 7.11 Å². The van der Waals surface area contributed by atoms with E-state index < -0.39 is 6.09 Å². The van der Waals surface area contributed by atoms with Crippen LogP contribution in [0.2, 0.25) is 0 Å². The number of methoxy groups -OCH3 is 1. The van der Waals surface area contributed by atoms with Gasteiger partial charge in [0.2, 0.25) is 11.8 Å². The Balaban J connectivity index is 1.55. The summed E-state index contributed by atoms with van der Waals surface area (Å²) in [6.45, 7) is 0. The van der Waals surface area contributed by atoms with Crippen molar-refractivity contribution in [2.45, 2.75) is 37.6 Å². The first kappa shape index (κ1) is 17.7. The number of carbonyl (C=O) groups excluding carboxylic acids is 1. The highest BCUT2D eigenvalue weighted by Gasteiger charge is 2.28. The van der Waals surface area contributed by atoms with Gasteiger partial charge in [-0.15, -0.1) is 0 Å². The Bertz CT molecular complexity index is 791. The predicted octanol–water partition coefficient (Wildman–Crippen LogP) is 1.90. The van der Waals surface area contributed by atoms with Crippen molar-refractivity contribution in [3.8, 4) is 5.88 Å². The molecule has 2 aromatic heterocycles. The largest absolute Gasteiger partial charge is 0.481 e. The Morgan fingerprint density at radius 3 is 3.00 bits per heavy atom. The summed E-state index contributed by atoms with van der Waals surface area (Å²) in [5.74, 6) is 0.936. The van der Waals surface area contributed by atoms with Crippen molar-refractivity contribution in [3.63, 3.8) is 0 Å². The first-order valence-electron chi connectivity index (χ1n) is 8.37. The maximum absolute atomic E-state index is 12.2. The number of amides is 2. The van der Waals surface area contributed by atoms with E-state index in [1.54, 1.807) is 24.4 Å². The molecule has 0 bridgehead atoms. The summed E-state index contributed by atoms with van der Waals surface area (Å²) in [6, 6.07) is 5.23. The van der Waals surface area contributed by atoms with Crippen molar-refractivity contribution < 1.29 is 19.4 Å². The number of carbonyl (C=O) groups is 2. The van der Waals surface area contributed by atoms with Crippen LogP contribution in [0.15, 0.2) is 24.4 Å². The number of aromatic amines is 1. The average molecular weight is 359 g/mol. The number of aromatic nitrogens is 3. The zero-order chi connectivity index (χ0) is 18.5. The number of anilines is 1. The highest BCUT2D eigenvalue weighted by molar-refractivity contribution is 5.91. The molecule has 0 unspecified atom stereocenters. The van der Waals surface area contributed by atoms with Crippen molar-refractivity contribution in [1.29, 1.82) is 0 Å². The molecular formula is C17H21N5O4. The van der Waals surface area contributed by atoms with Crippen LogP contribution >= 0.6 is 0 Å². The summed E-state index contributed by atoms with van der Waals surface area (Å²) >= 11 is 0. The maximum atomic E-state index is 12.2. The van der Waals surface area contributed by atoms with Crippen LogP contribution in [-0.2, 0) is 11.2 Å². The van der Waals surface area contributed by atoms with Gasteiger partial charge in [-0.05, 0) is 30.9 Å². The second-order valence-electron chi connectivity index (χ2n) is 6.30. The number of nitrogens with one attached hydrogen (secondary N) is 3. The summed E-state index contributed by atoms with van der Waals surface area (Å²) in [5, 5.41) is 21.1. The molecule has 4 N–H and O–H groups in total. The average Bonchev–Trinajstić information content (AvgIpc) is 3.23. The molecule has 26 heavy (non-hydrogen) atoms. The Hall–Kier alpha value is -3.10. The van der Waals surface area contributed by atoms with Crippen LogP contribution in [0.3, 0.4) is 0 Å². The van der Waals surface area contributed by atoms with Crippen molar-refractivity contribution >= 4 is 17.8 Å². The van der Waals surface area contributed by atoms with Gasteiger partial charge in [-0.2, -0.15) is 5.10 Å². The van der Waals surface area contributed by atoms with Crippen LogP contribution in [0.5, 0.6) is 5.88 Å². The Kier molecular flexibility index (Phi) is 5.35. The van der Waals surface area contributed by atoms with Gasteiger partial charge in [0.25, 0.3) is 0 Å². The molecule has 1 saturated carbocycles. The first-order valence-corrected chi connectivity index (χ1v) is 8.37. The smallest absolute Gasteiger partial charge is 0.404 e. The van der Waals surface area contributed by atoms with Crippen molar-refractivity contribution in [3.05, 3.63) is 35.7 Å². The minimum absolute atomic E-state index is 0.0412. The molecule has 2 heterocycles. The van der Waals surface area contributed by atoms with Crippen LogP contribution in [0, 0.1) is 0 Å². The number of hydrogen-bond donors (Lipinski definition) is 4. The van der Waals surface area contributed by atoms with E-state index in [0.717, 1.165) is 30.5 Å². The first-order chi connectivity index (χ1) is 12.5. The lowest BCUT2D eigenvalue weighted by Crippen LogP contribution is -2.31. The Morgan fingerprint density at radius 1 is 1.38 bits per heavy atom. The molecule has 1 aliphatic carbocycles. The molecule has 2 aromatic rings. The summed E-state index contributed by atoms with van der Waals surface area (Å²) in [5.41, 5.74) is 1.70. The molecule has 1 aliphatic rings. The van der Waals surface area contributed by atoms with E-state index in [-0.39, 0.29) is 24.3 Å². The van der Waals surface area contributed by atoms with Gasteiger partial charge in [-0.25, -0.2) is 9.78 Å². The number of hydrogen-bond acceptors (Lipinski definition) is 5. The molecule has 9 heteroatoms. The fraction of sp³-hybridized carbons (Fsp3) is 0.412. The molecule has 3 rings (SSSR count). The van der Waals surface area contributed by atoms with E-state index in [2.05, 4.69) is 25.8 Å².